The highest BCUT2D eigenvalue weighted by atomic mass is 19.1. The second kappa shape index (κ2) is 9.50. The van der Waals surface area contributed by atoms with Crippen LogP contribution >= 0.6 is 0 Å². The number of amides is 1. The molecule has 8 nitrogen and oxygen atoms in total. The number of halogens is 1. The molecule has 204 valence electrons. The minimum absolute atomic E-state index is 0.0473. The zero-order chi connectivity index (χ0) is 27.5. The fourth-order valence-electron chi connectivity index (χ4n) is 5.98. The van der Waals surface area contributed by atoms with Crippen molar-refractivity contribution in [2.75, 3.05) is 13.2 Å². The Kier molecular flexibility index (Phi) is 5.91. The van der Waals surface area contributed by atoms with E-state index in [2.05, 4.69) is 24.0 Å². The van der Waals surface area contributed by atoms with E-state index in [-0.39, 0.29) is 35.3 Å². The van der Waals surface area contributed by atoms with Gasteiger partial charge in [0.2, 0.25) is 5.95 Å². The lowest BCUT2D eigenvalue weighted by Gasteiger charge is -2.35. The first-order chi connectivity index (χ1) is 19.4. The Bertz CT molecular complexity index is 1660. The quantitative estimate of drug-likeness (QED) is 0.246. The van der Waals surface area contributed by atoms with Gasteiger partial charge in [0.25, 0.3) is 5.91 Å². The summed E-state index contributed by atoms with van der Waals surface area (Å²) in [5.74, 6) is -1.09. The number of esters is 1. The van der Waals surface area contributed by atoms with E-state index in [1.807, 2.05) is 23.1 Å². The van der Waals surface area contributed by atoms with Gasteiger partial charge in [-0.2, -0.15) is 9.49 Å². The zero-order valence-corrected chi connectivity index (χ0v) is 22.5. The number of benzene rings is 1. The van der Waals surface area contributed by atoms with Crippen molar-refractivity contribution in [2.24, 2.45) is 5.92 Å². The second-order valence-corrected chi connectivity index (χ2v) is 11.0. The first-order valence-corrected chi connectivity index (χ1v) is 14.1. The van der Waals surface area contributed by atoms with Gasteiger partial charge in [-0.1, -0.05) is 24.3 Å². The minimum Gasteiger partial charge on any atom is -0.466 e. The minimum atomic E-state index is -0.638. The van der Waals surface area contributed by atoms with Crippen molar-refractivity contribution < 1.29 is 18.7 Å². The van der Waals surface area contributed by atoms with Crippen LogP contribution in [-0.4, -0.2) is 49.5 Å². The molecule has 2 fully saturated rings. The van der Waals surface area contributed by atoms with Crippen LogP contribution in [0, 0.1) is 11.9 Å². The number of hydrogen-bond acceptors (Lipinski definition) is 6. The SMILES string of the molecule is CCOC(=O)C1CC1c1ccc(-c2cc3nc(C(=O)N4CCc5ccccc5[C@H]4C)cc(C4CC4)n3n2)c(F)n1. The third-order valence-corrected chi connectivity index (χ3v) is 8.43. The molecule has 0 saturated heterocycles. The molecule has 1 amide bonds. The Morgan fingerprint density at radius 3 is 2.70 bits per heavy atom. The van der Waals surface area contributed by atoms with Crippen molar-refractivity contribution in [1.29, 1.82) is 0 Å². The summed E-state index contributed by atoms with van der Waals surface area (Å²) in [6.45, 7) is 4.79. The van der Waals surface area contributed by atoms with Gasteiger partial charge >= 0.3 is 5.97 Å². The molecule has 3 aliphatic rings. The molecule has 2 aliphatic carbocycles. The maximum Gasteiger partial charge on any atom is 0.309 e. The molecule has 1 aromatic carbocycles. The predicted molar refractivity (Wildman–Crippen MR) is 145 cm³/mol. The highest BCUT2D eigenvalue weighted by molar-refractivity contribution is 5.93. The average Bonchev–Trinajstić information content (AvgIpc) is 3.89. The van der Waals surface area contributed by atoms with Gasteiger partial charge in [-0.15, -0.1) is 0 Å². The number of pyridine rings is 1. The molecule has 40 heavy (non-hydrogen) atoms. The molecule has 3 atom stereocenters. The summed E-state index contributed by atoms with van der Waals surface area (Å²) < 4.78 is 22.1. The summed E-state index contributed by atoms with van der Waals surface area (Å²) in [6.07, 6.45) is 3.46. The number of rotatable bonds is 6. The van der Waals surface area contributed by atoms with Crippen LogP contribution in [0.1, 0.15) is 84.0 Å². The van der Waals surface area contributed by atoms with E-state index in [4.69, 9.17) is 14.8 Å². The molecule has 1 aliphatic heterocycles. The molecule has 7 rings (SSSR count). The Balaban J connectivity index is 1.20. The Hall–Kier alpha value is -4.14. The van der Waals surface area contributed by atoms with E-state index >= 15 is 4.39 Å². The van der Waals surface area contributed by atoms with Crippen LogP contribution in [0.15, 0.2) is 48.5 Å². The second-order valence-electron chi connectivity index (χ2n) is 11.0. The highest BCUT2D eigenvalue weighted by Gasteiger charge is 2.46. The van der Waals surface area contributed by atoms with Crippen molar-refractivity contribution in [3.63, 3.8) is 0 Å². The monoisotopic (exact) mass is 539 g/mol. The van der Waals surface area contributed by atoms with E-state index in [9.17, 15) is 9.59 Å². The molecule has 3 aromatic heterocycles. The van der Waals surface area contributed by atoms with Crippen LogP contribution in [0.25, 0.3) is 16.9 Å². The van der Waals surface area contributed by atoms with Crippen molar-refractivity contribution in [1.82, 2.24) is 24.5 Å². The van der Waals surface area contributed by atoms with Crippen LogP contribution < -0.4 is 0 Å². The number of aromatic nitrogens is 4. The Morgan fingerprint density at radius 2 is 1.93 bits per heavy atom. The molecular weight excluding hydrogens is 509 g/mol. The molecule has 2 unspecified atom stereocenters. The van der Waals surface area contributed by atoms with E-state index in [0.717, 1.165) is 25.0 Å². The van der Waals surface area contributed by atoms with E-state index < -0.39 is 5.95 Å². The third-order valence-electron chi connectivity index (χ3n) is 8.43. The molecule has 2 saturated carbocycles. The number of carbonyl (C=O) groups excluding carboxylic acids is 2. The molecule has 4 heterocycles. The summed E-state index contributed by atoms with van der Waals surface area (Å²) in [7, 11) is 0. The summed E-state index contributed by atoms with van der Waals surface area (Å²) in [6, 6.07) is 15.2. The number of carbonyl (C=O) groups is 2. The Morgan fingerprint density at radius 1 is 1.10 bits per heavy atom. The number of nitrogens with zero attached hydrogens (tertiary/aromatic N) is 5. The Labute approximate surface area is 231 Å². The fourth-order valence-corrected chi connectivity index (χ4v) is 5.98. The summed E-state index contributed by atoms with van der Waals surface area (Å²) in [5, 5.41) is 4.70. The maximum atomic E-state index is 15.3. The first kappa shape index (κ1) is 24.9. The molecule has 9 heteroatoms. The molecule has 0 radical (unpaired) electrons. The van der Waals surface area contributed by atoms with Crippen molar-refractivity contribution in [3.8, 4) is 11.3 Å². The molecule has 0 spiro atoms. The molecule has 4 aromatic rings. The molecule has 0 bridgehead atoms. The van der Waals surface area contributed by atoms with Crippen molar-refractivity contribution >= 4 is 17.5 Å². The normalized spacial score (nSPS) is 21.8. The van der Waals surface area contributed by atoms with Crippen LogP contribution in [0.3, 0.4) is 0 Å². The number of hydrogen-bond donors (Lipinski definition) is 0. The van der Waals surface area contributed by atoms with Crippen molar-refractivity contribution in [2.45, 2.75) is 57.4 Å². The summed E-state index contributed by atoms with van der Waals surface area (Å²) in [5.41, 5.74) is 5.49. The van der Waals surface area contributed by atoms with Crippen LogP contribution in [0.2, 0.25) is 0 Å². The van der Waals surface area contributed by atoms with E-state index in [1.165, 1.54) is 11.1 Å². The lowest BCUT2D eigenvalue weighted by molar-refractivity contribution is -0.144. The summed E-state index contributed by atoms with van der Waals surface area (Å²) >= 11 is 0. The largest absolute Gasteiger partial charge is 0.466 e. The van der Waals surface area contributed by atoms with Crippen LogP contribution in [-0.2, 0) is 16.0 Å². The van der Waals surface area contributed by atoms with Gasteiger partial charge in [0.15, 0.2) is 5.65 Å². The standard InChI is InChI=1S/C31H30FN5O3/c1-3-40-31(39)23-14-22(23)24-11-10-21(29(32)34-24)25-16-28-33-26(15-27(19-8-9-19)37(28)35-25)30(38)36-13-12-18-6-4-5-7-20(18)17(36)2/h4-7,10-11,15-17,19,22-23H,3,8-9,12-14H2,1-2H3/t17-,22?,23?/m1/s1. The average molecular weight is 540 g/mol. The smallest absolute Gasteiger partial charge is 0.309 e. The van der Waals surface area contributed by atoms with Crippen LogP contribution in [0.4, 0.5) is 4.39 Å². The predicted octanol–water partition coefficient (Wildman–Crippen LogP) is 5.23. The van der Waals surface area contributed by atoms with Crippen LogP contribution in [0.5, 0.6) is 0 Å². The highest BCUT2D eigenvalue weighted by Crippen LogP contribution is 2.48. The lowest BCUT2D eigenvalue weighted by atomic mass is 9.93. The molecular formula is C31H30FN5O3. The zero-order valence-electron chi connectivity index (χ0n) is 22.5. The molecule has 0 N–H and O–H groups in total. The van der Waals surface area contributed by atoms with E-state index in [1.54, 1.807) is 29.6 Å². The van der Waals surface area contributed by atoms with E-state index in [0.29, 0.717) is 48.2 Å². The summed E-state index contributed by atoms with van der Waals surface area (Å²) in [4.78, 5) is 36.5. The van der Waals surface area contributed by atoms with Gasteiger partial charge in [-0.05, 0) is 68.9 Å². The fraction of sp³-hybridized carbons (Fsp3) is 0.387. The lowest BCUT2D eigenvalue weighted by Crippen LogP contribution is -2.39. The van der Waals surface area contributed by atoms with Crippen molar-refractivity contribution in [3.05, 3.63) is 82.7 Å². The number of fused-ring (bicyclic) bond motifs is 2. The topological polar surface area (TPSA) is 89.7 Å². The van der Waals surface area contributed by atoms with Gasteiger partial charge in [-0.3, -0.25) is 9.59 Å². The maximum absolute atomic E-state index is 15.3. The number of ether oxygens (including phenoxy) is 1. The third kappa shape index (κ3) is 4.24. The van der Waals surface area contributed by atoms with Gasteiger partial charge < -0.3 is 9.64 Å². The first-order valence-electron chi connectivity index (χ1n) is 14.1. The van der Waals surface area contributed by atoms with Gasteiger partial charge in [0.05, 0.1) is 29.8 Å². The van der Waals surface area contributed by atoms with Gasteiger partial charge in [0.1, 0.15) is 5.69 Å². The van der Waals surface area contributed by atoms with Gasteiger partial charge in [0, 0.05) is 35.8 Å². The van der Waals surface area contributed by atoms with Gasteiger partial charge in [-0.25, -0.2) is 14.5 Å².